The van der Waals surface area contributed by atoms with E-state index in [9.17, 15) is 4.79 Å². The quantitative estimate of drug-likeness (QED) is 0.562. The maximum atomic E-state index is 11.2. The van der Waals surface area contributed by atoms with Crippen LogP contribution in [0, 0.1) is 0 Å². The Bertz CT molecular complexity index is 190. The van der Waals surface area contributed by atoms with Gasteiger partial charge in [0.1, 0.15) is 5.54 Å². The zero-order chi connectivity index (χ0) is 11.2. The summed E-state index contributed by atoms with van der Waals surface area (Å²) in [6.45, 7) is 6.45. The third kappa shape index (κ3) is 4.30. The van der Waals surface area contributed by atoms with Gasteiger partial charge in [0.05, 0.1) is 6.61 Å². The fraction of sp³-hybridized carbons (Fsp3) is 0.889. The predicted molar refractivity (Wildman–Crippen MR) is 60.3 cm³/mol. The number of carbonyl (C=O) groups is 1. The van der Waals surface area contributed by atoms with Crippen molar-refractivity contribution >= 4 is 17.7 Å². The summed E-state index contributed by atoms with van der Waals surface area (Å²) in [5.74, 6) is 0.231. The van der Waals surface area contributed by atoms with Crippen LogP contribution in [0.1, 0.15) is 20.8 Å². The molecule has 14 heavy (non-hydrogen) atoms. The van der Waals surface area contributed by atoms with Gasteiger partial charge in [-0.25, -0.2) is 0 Å². The van der Waals surface area contributed by atoms with E-state index in [4.69, 9.17) is 10.8 Å². The third-order valence-electron chi connectivity index (χ3n) is 2.02. The molecule has 0 rings (SSSR count). The Balaban J connectivity index is 4.16. The topological polar surface area (TPSA) is 75.3 Å². The average molecular weight is 220 g/mol. The summed E-state index contributed by atoms with van der Waals surface area (Å²) in [6.07, 6.45) is 0. The van der Waals surface area contributed by atoms with Crippen LogP contribution in [-0.2, 0) is 4.79 Å². The molecule has 0 aromatic carbocycles. The van der Waals surface area contributed by atoms with Crippen molar-refractivity contribution in [3.8, 4) is 0 Å². The minimum absolute atomic E-state index is 0.117. The first-order valence-corrected chi connectivity index (χ1v) is 5.78. The molecule has 0 spiro atoms. The van der Waals surface area contributed by atoms with E-state index >= 15 is 0 Å². The predicted octanol–water partition coefficient (Wildman–Crippen LogP) is -0.0461. The maximum Gasteiger partial charge on any atom is 0.238 e. The number of carbonyl (C=O) groups excluding carboxylic acids is 1. The van der Waals surface area contributed by atoms with E-state index < -0.39 is 5.54 Å². The van der Waals surface area contributed by atoms with Gasteiger partial charge in [-0.1, -0.05) is 13.8 Å². The van der Waals surface area contributed by atoms with E-state index in [0.29, 0.717) is 12.3 Å². The lowest BCUT2D eigenvalue weighted by Gasteiger charge is -2.27. The first-order valence-electron chi connectivity index (χ1n) is 4.73. The van der Waals surface area contributed by atoms with Gasteiger partial charge >= 0.3 is 0 Å². The van der Waals surface area contributed by atoms with E-state index in [2.05, 4.69) is 5.32 Å². The van der Waals surface area contributed by atoms with Crippen LogP contribution in [0.4, 0.5) is 0 Å². The van der Waals surface area contributed by atoms with Gasteiger partial charge in [-0.15, -0.1) is 0 Å². The Morgan fingerprint density at radius 1 is 1.71 bits per heavy atom. The van der Waals surface area contributed by atoms with Gasteiger partial charge < -0.3 is 16.2 Å². The van der Waals surface area contributed by atoms with Gasteiger partial charge in [0.2, 0.25) is 5.91 Å². The van der Waals surface area contributed by atoms with Crippen LogP contribution >= 0.6 is 11.8 Å². The molecular formula is C9H20N2O2S. The molecule has 2 atom stereocenters. The highest BCUT2D eigenvalue weighted by atomic mass is 32.2. The molecule has 5 heteroatoms. The van der Waals surface area contributed by atoms with Gasteiger partial charge in [-0.2, -0.15) is 11.8 Å². The Hall–Kier alpha value is -0.260. The van der Waals surface area contributed by atoms with Crippen LogP contribution in [0.15, 0.2) is 0 Å². The van der Waals surface area contributed by atoms with E-state index in [1.54, 1.807) is 6.92 Å². The largest absolute Gasteiger partial charge is 0.395 e. The average Bonchev–Trinajstić information content (AvgIpc) is 2.14. The third-order valence-corrected chi connectivity index (χ3v) is 3.49. The van der Waals surface area contributed by atoms with Crippen LogP contribution in [0.3, 0.4) is 0 Å². The van der Waals surface area contributed by atoms with Crippen molar-refractivity contribution in [3.63, 3.8) is 0 Å². The SMILES string of the molecule is CCNC(C)(CSC(C)CO)C(N)=O. The van der Waals surface area contributed by atoms with E-state index in [0.717, 1.165) is 0 Å². The molecule has 0 heterocycles. The molecule has 84 valence electrons. The minimum atomic E-state index is -0.678. The number of hydrogen-bond acceptors (Lipinski definition) is 4. The van der Waals surface area contributed by atoms with Crippen molar-refractivity contribution in [1.29, 1.82) is 0 Å². The number of nitrogens with one attached hydrogen (secondary N) is 1. The van der Waals surface area contributed by atoms with Crippen molar-refractivity contribution in [2.75, 3.05) is 18.9 Å². The Kier molecular flexibility index (Phi) is 6.15. The second-order valence-corrected chi connectivity index (χ2v) is 4.96. The molecule has 0 aliphatic heterocycles. The highest BCUT2D eigenvalue weighted by molar-refractivity contribution is 8.00. The Morgan fingerprint density at radius 2 is 2.29 bits per heavy atom. The number of aliphatic hydroxyl groups is 1. The van der Waals surface area contributed by atoms with Gasteiger partial charge in [0.25, 0.3) is 0 Å². The van der Waals surface area contributed by atoms with Gasteiger partial charge in [0, 0.05) is 11.0 Å². The van der Waals surface area contributed by atoms with E-state index in [-0.39, 0.29) is 17.8 Å². The second-order valence-electron chi connectivity index (χ2n) is 3.53. The summed E-state index contributed by atoms with van der Waals surface area (Å²) in [4.78, 5) is 11.2. The van der Waals surface area contributed by atoms with Crippen molar-refractivity contribution < 1.29 is 9.90 Å². The lowest BCUT2D eigenvalue weighted by molar-refractivity contribution is -0.122. The summed E-state index contributed by atoms with van der Waals surface area (Å²) in [5.41, 5.74) is 4.63. The summed E-state index contributed by atoms with van der Waals surface area (Å²) in [5, 5.41) is 12.0. The zero-order valence-corrected chi connectivity index (χ0v) is 9.86. The highest BCUT2D eigenvalue weighted by Crippen LogP contribution is 2.17. The van der Waals surface area contributed by atoms with E-state index in [1.165, 1.54) is 11.8 Å². The number of hydrogen-bond donors (Lipinski definition) is 3. The van der Waals surface area contributed by atoms with Crippen molar-refractivity contribution in [2.45, 2.75) is 31.6 Å². The summed E-state index contributed by atoms with van der Waals surface area (Å²) in [7, 11) is 0. The summed E-state index contributed by atoms with van der Waals surface area (Å²) in [6, 6.07) is 0. The lowest BCUT2D eigenvalue weighted by atomic mass is 10.1. The highest BCUT2D eigenvalue weighted by Gasteiger charge is 2.30. The molecule has 0 radical (unpaired) electrons. The van der Waals surface area contributed by atoms with Crippen molar-refractivity contribution in [3.05, 3.63) is 0 Å². The maximum absolute atomic E-state index is 11.2. The van der Waals surface area contributed by atoms with Gasteiger partial charge in [-0.05, 0) is 13.5 Å². The number of aliphatic hydroxyl groups excluding tert-OH is 1. The van der Waals surface area contributed by atoms with Gasteiger partial charge in [0.15, 0.2) is 0 Å². The zero-order valence-electron chi connectivity index (χ0n) is 9.04. The molecule has 0 aliphatic carbocycles. The van der Waals surface area contributed by atoms with Crippen LogP contribution < -0.4 is 11.1 Å². The molecule has 0 saturated carbocycles. The van der Waals surface area contributed by atoms with Crippen molar-refractivity contribution in [2.24, 2.45) is 5.73 Å². The first-order chi connectivity index (χ1) is 6.46. The number of thioether (sulfide) groups is 1. The molecule has 0 aliphatic rings. The summed E-state index contributed by atoms with van der Waals surface area (Å²) < 4.78 is 0. The van der Waals surface area contributed by atoms with Crippen LogP contribution in [0.2, 0.25) is 0 Å². The van der Waals surface area contributed by atoms with Gasteiger partial charge in [-0.3, -0.25) is 4.79 Å². The van der Waals surface area contributed by atoms with Crippen LogP contribution in [0.5, 0.6) is 0 Å². The molecular weight excluding hydrogens is 200 g/mol. The Labute approximate surface area is 89.6 Å². The normalized spacial score (nSPS) is 17.4. The first kappa shape index (κ1) is 13.7. The Morgan fingerprint density at radius 3 is 2.64 bits per heavy atom. The fourth-order valence-corrected chi connectivity index (χ4v) is 1.93. The summed E-state index contributed by atoms with van der Waals surface area (Å²) >= 11 is 1.54. The van der Waals surface area contributed by atoms with Crippen LogP contribution in [0.25, 0.3) is 0 Å². The molecule has 0 bridgehead atoms. The molecule has 0 aromatic heterocycles. The molecule has 1 amide bonds. The molecule has 0 aromatic rings. The molecule has 0 saturated heterocycles. The smallest absolute Gasteiger partial charge is 0.238 e. The van der Waals surface area contributed by atoms with Crippen molar-refractivity contribution in [1.82, 2.24) is 5.32 Å². The number of likely N-dealkylation sites (N-methyl/N-ethyl adjacent to an activating group) is 1. The number of primary amides is 1. The number of amides is 1. The molecule has 2 unspecified atom stereocenters. The number of rotatable bonds is 7. The minimum Gasteiger partial charge on any atom is -0.395 e. The second kappa shape index (κ2) is 6.27. The fourth-order valence-electron chi connectivity index (χ4n) is 0.961. The van der Waals surface area contributed by atoms with Crippen LogP contribution in [-0.4, -0.2) is 40.7 Å². The monoisotopic (exact) mass is 220 g/mol. The standard InChI is InChI=1S/C9H20N2O2S/c1-4-11-9(3,8(10)13)6-14-7(2)5-12/h7,11-12H,4-6H2,1-3H3,(H2,10,13). The molecule has 4 nitrogen and oxygen atoms in total. The number of nitrogens with two attached hydrogens (primary N) is 1. The van der Waals surface area contributed by atoms with E-state index in [1.807, 2.05) is 13.8 Å². The molecule has 4 N–H and O–H groups in total. The lowest BCUT2D eigenvalue weighted by Crippen LogP contribution is -2.55. The molecule has 0 fully saturated rings.